The highest BCUT2D eigenvalue weighted by Gasteiger charge is 2.00. The lowest BCUT2D eigenvalue weighted by atomic mass is 10.4. The Morgan fingerprint density at radius 3 is 1.50 bits per heavy atom. The second-order valence-corrected chi connectivity index (χ2v) is 12.1. The summed E-state index contributed by atoms with van der Waals surface area (Å²) in [6.07, 6.45) is 7.36. The summed E-state index contributed by atoms with van der Waals surface area (Å²) in [5.74, 6) is 3.47. The fourth-order valence-corrected chi connectivity index (χ4v) is 1.81. The molecule has 20 heavy (non-hydrogen) atoms. The van der Waals surface area contributed by atoms with Crippen molar-refractivity contribution < 1.29 is 9.00 Å². The monoisotopic (exact) mass is 318 g/mol. The summed E-state index contributed by atoms with van der Waals surface area (Å²) in [5, 5.41) is 1.40. The van der Waals surface area contributed by atoms with Crippen LogP contribution in [0.15, 0.2) is 30.3 Å². The van der Waals surface area contributed by atoms with Gasteiger partial charge in [-0.1, -0.05) is 50.9 Å². The van der Waals surface area contributed by atoms with Crippen LogP contribution < -0.4 is 5.30 Å². The molecular weight excluding hydrogens is 287 g/mol. The van der Waals surface area contributed by atoms with Crippen molar-refractivity contribution in [1.82, 2.24) is 0 Å². The molecule has 1 rings (SSSR count). The fraction of sp³-hybridized carbons (Fsp3) is 0.438. The zero-order valence-corrected chi connectivity index (χ0v) is 14.7. The molecule has 0 aliphatic rings. The van der Waals surface area contributed by atoms with Gasteiger partial charge in [-0.3, -0.25) is 4.21 Å². The molecule has 0 fully saturated rings. The maximum absolute atomic E-state index is 10.1. The lowest BCUT2D eigenvalue weighted by molar-refractivity contribution is -0.114. The average molecular weight is 318 g/mol. The number of Topliss-reactive ketones (excluding diaryl/α,β-unsaturated/α-hetero) is 1. The molecular formula is C16H31O2PS. The Morgan fingerprint density at radius 1 is 1.10 bits per heavy atom. The molecule has 1 aromatic rings. The van der Waals surface area contributed by atoms with E-state index in [1.807, 2.05) is 6.07 Å². The number of ketones is 1. The number of rotatable bonds is 1. The largest absolute Gasteiger partial charge is 0.300 e. The maximum atomic E-state index is 10.1. The van der Waals surface area contributed by atoms with Gasteiger partial charge in [-0.2, -0.15) is 0 Å². The summed E-state index contributed by atoms with van der Waals surface area (Å²) in [6, 6.07) is 10.5. The van der Waals surface area contributed by atoms with Crippen LogP contribution >= 0.6 is 6.89 Å². The lowest BCUT2D eigenvalue weighted by Crippen LogP contribution is -2.00. The SMILES string of the molecule is C.C=P(C)(C)c1ccccc1.C=S(C)(C)=O.CC(C)=O. The molecule has 2 nitrogen and oxygen atoms in total. The van der Waals surface area contributed by atoms with Crippen molar-refractivity contribution in [3.8, 4) is 0 Å². The first-order valence-corrected chi connectivity index (χ1v) is 11.2. The van der Waals surface area contributed by atoms with Gasteiger partial charge in [-0.05, 0) is 47.9 Å². The van der Waals surface area contributed by atoms with Crippen molar-refractivity contribution in [2.75, 3.05) is 25.8 Å². The van der Waals surface area contributed by atoms with Crippen LogP contribution in [-0.2, 0) is 14.3 Å². The van der Waals surface area contributed by atoms with Crippen molar-refractivity contribution in [2.45, 2.75) is 21.3 Å². The van der Waals surface area contributed by atoms with Crippen LogP contribution in [0.4, 0.5) is 0 Å². The molecule has 0 radical (unpaired) electrons. The fourth-order valence-electron chi connectivity index (χ4n) is 0.832. The Balaban J connectivity index is -0.000000247. The molecule has 0 aliphatic heterocycles. The van der Waals surface area contributed by atoms with Gasteiger partial charge in [0.05, 0.1) is 0 Å². The molecule has 0 N–H and O–H groups in total. The van der Waals surface area contributed by atoms with Gasteiger partial charge in [0.15, 0.2) is 0 Å². The smallest absolute Gasteiger partial charge is 0.126 e. The number of carbonyl (C=O) groups is 1. The lowest BCUT2D eigenvalue weighted by Gasteiger charge is -2.11. The third kappa shape index (κ3) is 25.9. The van der Waals surface area contributed by atoms with E-state index in [9.17, 15) is 9.00 Å². The summed E-state index contributed by atoms with van der Waals surface area (Å²) >= 11 is 0. The summed E-state index contributed by atoms with van der Waals surface area (Å²) in [6.45, 7) is 6.49. The van der Waals surface area contributed by atoms with Gasteiger partial charge in [-0.15, -0.1) is 0 Å². The van der Waals surface area contributed by atoms with E-state index in [0.29, 0.717) is 0 Å². The summed E-state index contributed by atoms with van der Waals surface area (Å²) < 4.78 is 10.1. The van der Waals surface area contributed by atoms with Crippen molar-refractivity contribution in [3.05, 3.63) is 30.3 Å². The third-order valence-corrected chi connectivity index (χ3v) is 3.15. The van der Waals surface area contributed by atoms with Crippen LogP contribution in [0.2, 0.25) is 0 Å². The van der Waals surface area contributed by atoms with E-state index in [1.54, 1.807) is 12.5 Å². The zero-order valence-electron chi connectivity index (χ0n) is 13.0. The molecule has 0 amide bonds. The summed E-state index contributed by atoms with van der Waals surface area (Å²) in [5.41, 5.74) is 0. The van der Waals surface area contributed by atoms with Gasteiger partial charge >= 0.3 is 0 Å². The Bertz CT molecular complexity index is 499. The average Bonchev–Trinajstić information content (AvgIpc) is 2.14. The minimum atomic E-state index is -1.67. The Kier molecular flexibility index (Phi) is 13.3. The molecule has 0 aromatic heterocycles. The normalized spacial score (nSPS) is 9.90. The van der Waals surface area contributed by atoms with E-state index in [-0.39, 0.29) is 13.2 Å². The molecule has 0 aliphatic carbocycles. The molecule has 1 aromatic carbocycles. The van der Waals surface area contributed by atoms with Crippen LogP contribution in [0.1, 0.15) is 21.3 Å². The van der Waals surface area contributed by atoms with Crippen molar-refractivity contribution >= 4 is 39.7 Å². The number of hydrogen-bond acceptors (Lipinski definition) is 2. The molecule has 0 spiro atoms. The molecule has 0 atom stereocenters. The van der Waals surface area contributed by atoms with Crippen LogP contribution in [-0.4, -0.2) is 48.0 Å². The standard InChI is InChI=1S/C9H13P.C3H8OS.C3H6O.CH4/c1-10(2,3)9-7-5-4-6-8-9;1-5(2,3)4;1-3(2)4;/h4-8H,1H2,2-3H3;1H2,2-3H3;1-2H3;1H4. The van der Waals surface area contributed by atoms with E-state index in [0.717, 1.165) is 0 Å². The van der Waals surface area contributed by atoms with E-state index in [2.05, 4.69) is 49.8 Å². The second kappa shape index (κ2) is 10.9. The van der Waals surface area contributed by atoms with E-state index in [4.69, 9.17) is 0 Å². The van der Waals surface area contributed by atoms with Gasteiger partial charge in [0.25, 0.3) is 0 Å². The first kappa shape index (κ1) is 24.2. The van der Waals surface area contributed by atoms with E-state index in [1.165, 1.54) is 19.2 Å². The van der Waals surface area contributed by atoms with Crippen molar-refractivity contribution in [2.24, 2.45) is 0 Å². The van der Waals surface area contributed by atoms with E-state index < -0.39 is 16.4 Å². The highest BCUT2D eigenvalue weighted by molar-refractivity contribution is 7.98. The quantitative estimate of drug-likeness (QED) is 0.588. The minimum Gasteiger partial charge on any atom is -0.300 e. The van der Waals surface area contributed by atoms with Crippen LogP contribution in [0, 0.1) is 0 Å². The van der Waals surface area contributed by atoms with Gasteiger partial charge < -0.3 is 4.79 Å². The Labute approximate surface area is 126 Å². The first-order chi connectivity index (χ1) is 8.34. The van der Waals surface area contributed by atoms with Crippen molar-refractivity contribution in [3.63, 3.8) is 0 Å². The van der Waals surface area contributed by atoms with Gasteiger partial charge in [0.2, 0.25) is 0 Å². The predicted octanol–water partition coefficient (Wildman–Crippen LogP) is 3.21. The van der Waals surface area contributed by atoms with E-state index >= 15 is 0 Å². The second-order valence-electron chi connectivity index (χ2n) is 5.37. The Morgan fingerprint density at radius 2 is 1.35 bits per heavy atom. The number of benzene rings is 1. The highest BCUT2D eigenvalue weighted by atomic mass is 32.2. The van der Waals surface area contributed by atoms with Gasteiger partial charge in [0, 0.05) is 12.5 Å². The minimum absolute atomic E-state index is 0. The molecule has 0 saturated heterocycles. The van der Waals surface area contributed by atoms with Crippen LogP contribution in [0.5, 0.6) is 0 Å². The summed E-state index contributed by atoms with van der Waals surface area (Å²) in [7, 11) is -1.67. The zero-order chi connectivity index (χ0) is 15.7. The molecule has 4 heteroatoms. The Hall–Kier alpha value is -0.790. The molecule has 0 bridgehead atoms. The molecule has 0 heterocycles. The molecule has 0 unspecified atom stereocenters. The predicted molar refractivity (Wildman–Crippen MR) is 102 cm³/mol. The maximum Gasteiger partial charge on any atom is 0.126 e. The number of hydrogen-bond donors (Lipinski definition) is 0. The molecule has 0 saturated carbocycles. The van der Waals surface area contributed by atoms with Crippen LogP contribution in [0.3, 0.4) is 0 Å². The molecule has 118 valence electrons. The number of carbonyl (C=O) groups excluding carboxylic acids is 1. The van der Waals surface area contributed by atoms with Crippen molar-refractivity contribution in [1.29, 1.82) is 0 Å². The van der Waals surface area contributed by atoms with Gasteiger partial charge in [-0.25, -0.2) is 0 Å². The third-order valence-electron chi connectivity index (χ3n) is 1.46. The van der Waals surface area contributed by atoms with Crippen LogP contribution in [0.25, 0.3) is 0 Å². The summed E-state index contributed by atoms with van der Waals surface area (Å²) in [4.78, 5) is 9.44. The topological polar surface area (TPSA) is 34.1 Å². The first-order valence-electron chi connectivity index (χ1n) is 5.82. The highest BCUT2D eigenvalue weighted by Crippen LogP contribution is 2.33. The van der Waals surface area contributed by atoms with Gasteiger partial charge in [0.1, 0.15) is 5.78 Å².